The molecule has 6 nitrogen and oxygen atoms in total. The van der Waals surface area contributed by atoms with E-state index in [1.807, 2.05) is 65.7 Å². The summed E-state index contributed by atoms with van der Waals surface area (Å²) in [6, 6.07) is 17.5. The van der Waals surface area contributed by atoms with Crippen molar-refractivity contribution in [2.45, 2.75) is 12.3 Å². The topological polar surface area (TPSA) is 75.0 Å². The Hall–Kier alpha value is -3.41. The number of likely N-dealkylation sites (tertiary alicyclic amines) is 1. The zero-order chi connectivity index (χ0) is 18.2. The molecule has 1 aliphatic heterocycles. The lowest BCUT2D eigenvalue weighted by Gasteiger charge is -2.15. The van der Waals surface area contributed by atoms with Gasteiger partial charge in [-0.05, 0) is 30.0 Å². The Morgan fingerprint density at radius 3 is 2.93 bits per heavy atom. The van der Waals surface area contributed by atoms with Crippen LogP contribution >= 0.6 is 0 Å². The molecule has 2 aromatic carbocycles. The lowest BCUT2D eigenvalue weighted by atomic mass is 10.1. The van der Waals surface area contributed by atoms with Gasteiger partial charge in [-0.1, -0.05) is 41.6 Å². The summed E-state index contributed by atoms with van der Waals surface area (Å²) in [5, 5.41) is 5.20. The van der Waals surface area contributed by atoms with Crippen LogP contribution in [0.5, 0.6) is 0 Å². The minimum atomic E-state index is 0.0387. The number of hydrogen-bond acceptors (Lipinski definition) is 4. The summed E-state index contributed by atoms with van der Waals surface area (Å²) < 4.78 is 5.48. The van der Waals surface area contributed by atoms with Crippen LogP contribution in [0.25, 0.3) is 22.3 Å². The molecule has 2 aromatic heterocycles. The fourth-order valence-electron chi connectivity index (χ4n) is 3.62. The van der Waals surface area contributed by atoms with Crippen molar-refractivity contribution in [3.63, 3.8) is 0 Å². The standard InChI is InChI=1S/C21H18N4O2/c26-21(16-7-6-14-8-10-22-18(14)12-16)25-11-9-17(13-25)20-23-19(24-27-20)15-4-2-1-3-5-15/h1-8,10,12,17,22H,9,11,13H2/t17-/m0/s1. The van der Waals surface area contributed by atoms with Crippen LogP contribution in [0.15, 0.2) is 65.3 Å². The third-order valence-corrected chi connectivity index (χ3v) is 5.10. The Kier molecular flexibility index (Phi) is 3.74. The molecule has 6 heteroatoms. The van der Waals surface area contributed by atoms with Crippen molar-refractivity contribution in [3.8, 4) is 11.4 Å². The monoisotopic (exact) mass is 358 g/mol. The third kappa shape index (κ3) is 2.89. The van der Waals surface area contributed by atoms with Crippen LogP contribution in [0.4, 0.5) is 0 Å². The van der Waals surface area contributed by atoms with Gasteiger partial charge in [0.05, 0.1) is 5.92 Å². The van der Waals surface area contributed by atoms with Crippen molar-refractivity contribution in [3.05, 3.63) is 72.2 Å². The van der Waals surface area contributed by atoms with E-state index in [4.69, 9.17) is 4.52 Å². The Balaban J connectivity index is 1.32. The van der Waals surface area contributed by atoms with Crippen LogP contribution < -0.4 is 0 Å². The number of hydrogen-bond donors (Lipinski definition) is 1. The van der Waals surface area contributed by atoms with Gasteiger partial charge in [0.1, 0.15) is 0 Å². The fraction of sp³-hybridized carbons (Fsp3) is 0.190. The van der Waals surface area contributed by atoms with Crippen LogP contribution in [-0.4, -0.2) is 39.0 Å². The van der Waals surface area contributed by atoms with Crippen molar-refractivity contribution in [1.82, 2.24) is 20.0 Å². The van der Waals surface area contributed by atoms with E-state index in [0.717, 1.165) is 22.9 Å². The highest BCUT2D eigenvalue weighted by atomic mass is 16.5. The zero-order valence-electron chi connectivity index (χ0n) is 14.6. The Bertz CT molecular complexity index is 1100. The number of aromatic nitrogens is 3. The number of amides is 1. The van der Waals surface area contributed by atoms with Crippen molar-refractivity contribution in [1.29, 1.82) is 0 Å². The number of aromatic amines is 1. The van der Waals surface area contributed by atoms with Gasteiger partial charge in [-0.2, -0.15) is 4.98 Å². The van der Waals surface area contributed by atoms with Crippen LogP contribution in [0.3, 0.4) is 0 Å². The predicted octanol–water partition coefficient (Wildman–Crippen LogP) is 3.85. The van der Waals surface area contributed by atoms with Crippen molar-refractivity contribution < 1.29 is 9.32 Å². The van der Waals surface area contributed by atoms with Gasteiger partial charge in [0, 0.05) is 35.9 Å². The lowest BCUT2D eigenvalue weighted by Crippen LogP contribution is -2.28. The first-order chi connectivity index (χ1) is 13.3. The van der Waals surface area contributed by atoms with Gasteiger partial charge in [0.25, 0.3) is 5.91 Å². The number of carbonyl (C=O) groups excluding carboxylic acids is 1. The first-order valence-electron chi connectivity index (χ1n) is 9.03. The van der Waals surface area contributed by atoms with E-state index >= 15 is 0 Å². The van der Waals surface area contributed by atoms with E-state index in [1.165, 1.54) is 0 Å². The molecule has 0 radical (unpaired) electrons. The molecule has 0 spiro atoms. The number of H-pyrrole nitrogens is 1. The van der Waals surface area contributed by atoms with Crippen molar-refractivity contribution >= 4 is 16.8 Å². The lowest BCUT2D eigenvalue weighted by molar-refractivity contribution is 0.0789. The molecule has 0 saturated carbocycles. The maximum absolute atomic E-state index is 12.9. The van der Waals surface area contributed by atoms with Gasteiger partial charge >= 0.3 is 0 Å². The second-order valence-corrected chi connectivity index (χ2v) is 6.84. The van der Waals surface area contributed by atoms with E-state index in [1.54, 1.807) is 0 Å². The van der Waals surface area contributed by atoms with Crippen LogP contribution in [0, 0.1) is 0 Å². The first kappa shape index (κ1) is 15.8. The fourth-order valence-corrected chi connectivity index (χ4v) is 3.62. The molecule has 0 aliphatic carbocycles. The SMILES string of the molecule is O=C(c1ccc2cc[nH]c2c1)N1CC[C@H](c2nc(-c3ccccc3)no2)C1. The predicted molar refractivity (Wildman–Crippen MR) is 101 cm³/mol. The van der Waals surface area contributed by atoms with E-state index in [0.29, 0.717) is 30.4 Å². The largest absolute Gasteiger partial charge is 0.361 e. The van der Waals surface area contributed by atoms with E-state index in [9.17, 15) is 4.79 Å². The zero-order valence-corrected chi connectivity index (χ0v) is 14.6. The number of benzene rings is 2. The molecule has 3 heterocycles. The second kappa shape index (κ2) is 6.39. The molecule has 1 atom stereocenters. The van der Waals surface area contributed by atoms with Gasteiger partial charge < -0.3 is 14.4 Å². The average Bonchev–Trinajstić information content (AvgIpc) is 3.47. The highest BCUT2D eigenvalue weighted by Gasteiger charge is 2.31. The van der Waals surface area contributed by atoms with Crippen molar-refractivity contribution in [2.75, 3.05) is 13.1 Å². The maximum atomic E-state index is 12.9. The summed E-state index contributed by atoms with van der Waals surface area (Å²) in [6.07, 6.45) is 2.71. The normalized spacial score (nSPS) is 16.9. The quantitative estimate of drug-likeness (QED) is 0.604. The minimum absolute atomic E-state index is 0.0387. The first-order valence-corrected chi connectivity index (χ1v) is 9.03. The molecule has 4 aromatic rings. The molecular weight excluding hydrogens is 340 g/mol. The molecule has 1 fully saturated rings. The van der Waals surface area contributed by atoms with Crippen molar-refractivity contribution in [2.24, 2.45) is 0 Å². The number of nitrogens with zero attached hydrogens (tertiary/aromatic N) is 3. The molecule has 1 saturated heterocycles. The van der Waals surface area contributed by atoms with Gasteiger partial charge in [-0.15, -0.1) is 0 Å². The van der Waals surface area contributed by atoms with Crippen LogP contribution in [0.2, 0.25) is 0 Å². The highest BCUT2D eigenvalue weighted by molar-refractivity contribution is 5.98. The van der Waals surface area contributed by atoms with E-state index in [-0.39, 0.29) is 11.8 Å². The van der Waals surface area contributed by atoms with Gasteiger partial charge in [-0.25, -0.2) is 0 Å². The maximum Gasteiger partial charge on any atom is 0.253 e. The van der Waals surface area contributed by atoms with Gasteiger partial charge in [0.2, 0.25) is 11.7 Å². The summed E-state index contributed by atoms with van der Waals surface area (Å²) in [7, 11) is 0. The van der Waals surface area contributed by atoms with E-state index < -0.39 is 0 Å². The number of nitrogens with one attached hydrogen (secondary N) is 1. The highest BCUT2D eigenvalue weighted by Crippen LogP contribution is 2.29. The number of fused-ring (bicyclic) bond motifs is 1. The Morgan fingerprint density at radius 1 is 1.15 bits per heavy atom. The minimum Gasteiger partial charge on any atom is -0.361 e. The van der Waals surface area contributed by atoms with E-state index in [2.05, 4.69) is 15.1 Å². The van der Waals surface area contributed by atoms with Crippen LogP contribution in [-0.2, 0) is 0 Å². The molecule has 1 amide bonds. The molecule has 1 aliphatic rings. The molecule has 1 N–H and O–H groups in total. The summed E-state index contributed by atoms with van der Waals surface area (Å²) in [4.78, 5) is 22.4. The molecule has 27 heavy (non-hydrogen) atoms. The number of carbonyl (C=O) groups is 1. The summed E-state index contributed by atoms with van der Waals surface area (Å²) in [5.74, 6) is 1.31. The molecule has 0 unspecified atom stereocenters. The second-order valence-electron chi connectivity index (χ2n) is 6.84. The Morgan fingerprint density at radius 2 is 2.04 bits per heavy atom. The molecule has 0 bridgehead atoms. The molecule has 5 rings (SSSR count). The molecular formula is C21H18N4O2. The smallest absolute Gasteiger partial charge is 0.253 e. The average molecular weight is 358 g/mol. The summed E-state index contributed by atoms with van der Waals surface area (Å²) >= 11 is 0. The third-order valence-electron chi connectivity index (χ3n) is 5.10. The van der Waals surface area contributed by atoms with Crippen LogP contribution in [0.1, 0.15) is 28.6 Å². The Labute approximate surface area is 155 Å². The number of rotatable bonds is 3. The van der Waals surface area contributed by atoms with Gasteiger partial charge in [0.15, 0.2) is 0 Å². The summed E-state index contributed by atoms with van der Waals surface area (Å²) in [6.45, 7) is 1.29. The summed E-state index contributed by atoms with van der Waals surface area (Å²) in [5.41, 5.74) is 2.60. The molecule has 134 valence electrons. The van der Waals surface area contributed by atoms with Gasteiger partial charge in [-0.3, -0.25) is 4.79 Å².